The van der Waals surface area contributed by atoms with Gasteiger partial charge in [-0.3, -0.25) is 24.2 Å². The Morgan fingerprint density at radius 2 is 1.80 bits per heavy atom. The molecule has 1 saturated heterocycles. The Hall–Kier alpha value is -4.32. The Kier molecular flexibility index (Phi) is 10.4. The highest BCUT2D eigenvalue weighted by Gasteiger charge is 2.33. The molecule has 2 atom stereocenters. The zero-order valence-corrected chi connectivity index (χ0v) is 25.8. The molecule has 2 aromatic heterocycles. The van der Waals surface area contributed by atoms with Crippen LogP contribution in [0.4, 0.5) is 10.1 Å². The van der Waals surface area contributed by atoms with E-state index in [0.717, 1.165) is 45.2 Å². The first-order chi connectivity index (χ1) is 21.7. The molecule has 12 heteroatoms. The van der Waals surface area contributed by atoms with Crippen molar-refractivity contribution in [2.75, 3.05) is 38.5 Å². The summed E-state index contributed by atoms with van der Waals surface area (Å²) in [6.45, 7) is 4.30. The number of halogens is 1. The number of nitrogens with one attached hydrogen (secondary N) is 3. The van der Waals surface area contributed by atoms with Crippen LogP contribution in [0.2, 0.25) is 0 Å². The first-order valence-corrected chi connectivity index (χ1v) is 15.7. The van der Waals surface area contributed by atoms with Crippen LogP contribution in [0.1, 0.15) is 61.4 Å². The molecule has 1 saturated carbocycles. The van der Waals surface area contributed by atoms with Crippen LogP contribution in [0.3, 0.4) is 0 Å². The lowest BCUT2D eigenvalue weighted by Crippen LogP contribution is -2.54. The molecule has 0 radical (unpaired) electrons. The van der Waals surface area contributed by atoms with Gasteiger partial charge in [-0.1, -0.05) is 32.3 Å². The zero-order chi connectivity index (χ0) is 31.9. The predicted molar refractivity (Wildman–Crippen MR) is 167 cm³/mol. The number of amides is 4. The number of fused-ring (bicyclic) bond motifs is 1. The number of pyridine rings is 1. The first-order valence-electron chi connectivity index (χ1n) is 15.7. The fourth-order valence-corrected chi connectivity index (χ4v) is 6.11. The normalized spacial score (nSPS) is 17.4. The van der Waals surface area contributed by atoms with Crippen molar-refractivity contribution in [1.29, 1.82) is 0 Å². The van der Waals surface area contributed by atoms with Crippen LogP contribution in [0.25, 0.3) is 11.0 Å². The number of hydrogen-bond acceptors (Lipinski definition) is 7. The van der Waals surface area contributed by atoms with E-state index < -0.39 is 29.7 Å². The zero-order valence-electron chi connectivity index (χ0n) is 25.8. The van der Waals surface area contributed by atoms with Crippen LogP contribution in [0.5, 0.6) is 0 Å². The summed E-state index contributed by atoms with van der Waals surface area (Å²) in [5.74, 6) is -2.21. The second-order valence-electron chi connectivity index (χ2n) is 12.0. The monoisotopic (exact) mass is 620 g/mol. The molecule has 0 bridgehead atoms. The molecule has 3 heterocycles. The SMILES string of the molecule is CCC(=O)N[C@H](Cc1ccc(NC(=O)[C@@H](NC(=O)c2coc3ccncc23)C2CCCCC2)c(F)c1)C(=O)N1CCN(C)CC1. The van der Waals surface area contributed by atoms with Gasteiger partial charge in [0.15, 0.2) is 0 Å². The van der Waals surface area contributed by atoms with E-state index >= 15 is 4.39 Å². The fourth-order valence-electron chi connectivity index (χ4n) is 6.11. The van der Waals surface area contributed by atoms with E-state index in [0.29, 0.717) is 29.6 Å². The largest absolute Gasteiger partial charge is 0.463 e. The van der Waals surface area contributed by atoms with Crippen LogP contribution in [-0.4, -0.2) is 83.7 Å². The predicted octanol–water partition coefficient (Wildman–Crippen LogP) is 3.50. The third-order valence-electron chi connectivity index (χ3n) is 8.81. The maximum Gasteiger partial charge on any atom is 0.255 e. The van der Waals surface area contributed by atoms with E-state index in [4.69, 9.17) is 4.42 Å². The van der Waals surface area contributed by atoms with Gasteiger partial charge in [-0.25, -0.2) is 4.39 Å². The number of furan rings is 1. The highest BCUT2D eigenvalue weighted by atomic mass is 19.1. The average molecular weight is 621 g/mol. The molecule has 11 nitrogen and oxygen atoms in total. The van der Waals surface area contributed by atoms with Crippen molar-refractivity contribution in [3.8, 4) is 0 Å². The molecule has 240 valence electrons. The molecule has 2 fully saturated rings. The van der Waals surface area contributed by atoms with Crippen molar-refractivity contribution in [2.45, 2.75) is 64.0 Å². The molecule has 1 aliphatic carbocycles. The number of hydrogen-bond donors (Lipinski definition) is 3. The van der Waals surface area contributed by atoms with E-state index in [9.17, 15) is 19.2 Å². The van der Waals surface area contributed by atoms with Crippen molar-refractivity contribution in [3.63, 3.8) is 0 Å². The van der Waals surface area contributed by atoms with Gasteiger partial charge in [-0.15, -0.1) is 0 Å². The second-order valence-corrected chi connectivity index (χ2v) is 12.0. The Morgan fingerprint density at radius 1 is 1.04 bits per heavy atom. The van der Waals surface area contributed by atoms with Gasteiger partial charge in [0.2, 0.25) is 17.7 Å². The maximum absolute atomic E-state index is 15.4. The summed E-state index contributed by atoms with van der Waals surface area (Å²) in [5, 5.41) is 8.90. The number of benzene rings is 1. The quantitative estimate of drug-likeness (QED) is 0.316. The number of aromatic nitrogens is 1. The molecule has 1 aliphatic heterocycles. The fraction of sp³-hybridized carbons (Fsp3) is 0.485. The van der Waals surface area contributed by atoms with E-state index in [-0.39, 0.29) is 41.8 Å². The summed E-state index contributed by atoms with van der Waals surface area (Å²) < 4.78 is 20.9. The average Bonchev–Trinajstić information content (AvgIpc) is 3.49. The minimum Gasteiger partial charge on any atom is -0.463 e. The third kappa shape index (κ3) is 7.86. The van der Waals surface area contributed by atoms with Gasteiger partial charge in [0.25, 0.3) is 5.91 Å². The highest BCUT2D eigenvalue weighted by molar-refractivity contribution is 6.08. The lowest BCUT2D eigenvalue weighted by molar-refractivity contribution is -0.137. The number of nitrogens with zero attached hydrogens (tertiary/aromatic N) is 3. The summed E-state index contributed by atoms with van der Waals surface area (Å²) in [7, 11) is 1.99. The van der Waals surface area contributed by atoms with E-state index in [2.05, 4.69) is 25.8 Å². The third-order valence-corrected chi connectivity index (χ3v) is 8.81. The van der Waals surface area contributed by atoms with Crippen LogP contribution >= 0.6 is 0 Å². The van der Waals surface area contributed by atoms with Crippen LogP contribution in [0.15, 0.2) is 47.3 Å². The summed E-state index contributed by atoms with van der Waals surface area (Å²) in [6, 6.07) is 4.31. The minimum absolute atomic E-state index is 0.0312. The van der Waals surface area contributed by atoms with Crippen LogP contribution in [0, 0.1) is 11.7 Å². The van der Waals surface area contributed by atoms with Crippen molar-refractivity contribution in [3.05, 3.63) is 59.9 Å². The smallest absolute Gasteiger partial charge is 0.255 e. The summed E-state index contributed by atoms with van der Waals surface area (Å²) in [4.78, 5) is 60.4. The molecule has 0 unspecified atom stereocenters. The molecule has 1 aromatic carbocycles. The number of anilines is 1. The lowest BCUT2D eigenvalue weighted by Gasteiger charge is -2.34. The van der Waals surface area contributed by atoms with E-state index in [1.54, 1.807) is 30.2 Å². The molecule has 5 rings (SSSR count). The summed E-state index contributed by atoms with van der Waals surface area (Å²) in [6.07, 6.45) is 9.25. The van der Waals surface area contributed by atoms with Crippen molar-refractivity contribution >= 4 is 40.3 Å². The standard InChI is InChI=1S/C33H41FN6O5/c1-3-29(41)36-27(33(44)40-15-13-39(2)14-16-40)18-21-9-10-26(25(34)17-21)37-32(43)30(22-7-5-4-6-8-22)38-31(42)24-20-45-28-11-12-35-19-23(24)28/h9-12,17,19-20,22,27,30H,3-8,13-16,18H2,1-2H3,(H,36,41)(H,37,43)(H,38,42)/t27-,30+/m1/s1. The van der Waals surface area contributed by atoms with Gasteiger partial charge in [-0.05, 0) is 49.6 Å². The molecule has 3 N–H and O–H groups in total. The topological polar surface area (TPSA) is 137 Å². The van der Waals surface area contributed by atoms with Gasteiger partial charge in [0.1, 0.15) is 29.7 Å². The van der Waals surface area contributed by atoms with Gasteiger partial charge >= 0.3 is 0 Å². The molecule has 45 heavy (non-hydrogen) atoms. The van der Waals surface area contributed by atoms with Crippen LogP contribution < -0.4 is 16.0 Å². The number of carbonyl (C=O) groups excluding carboxylic acids is 4. The first kappa shape index (κ1) is 32.1. The van der Waals surface area contributed by atoms with Crippen molar-refractivity contribution < 1.29 is 28.0 Å². The van der Waals surface area contributed by atoms with Gasteiger partial charge < -0.3 is 30.2 Å². The van der Waals surface area contributed by atoms with E-state index in [1.165, 1.54) is 24.6 Å². The maximum atomic E-state index is 15.4. The lowest BCUT2D eigenvalue weighted by atomic mass is 9.83. The Morgan fingerprint density at radius 3 is 2.51 bits per heavy atom. The number of carbonyl (C=O) groups is 4. The Balaban J connectivity index is 1.30. The van der Waals surface area contributed by atoms with Gasteiger partial charge in [-0.2, -0.15) is 0 Å². The summed E-state index contributed by atoms with van der Waals surface area (Å²) >= 11 is 0. The molecule has 3 aromatic rings. The second kappa shape index (κ2) is 14.6. The number of piperazine rings is 1. The molecule has 4 amide bonds. The molecular formula is C33H41FN6O5. The van der Waals surface area contributed by atoms with Crippen LogP contribution in [-0.2, 0) is 20.8 Å². The van der Waals surface area contributed by atoms with Gasteiger partial charge in [0, 0.05) is 51.4 Å². The van der Waals surface area contributed by atoms with E-state index in [1.807, 2.05) is 7.05 Å². The summed E-state index contributed by atoms with van der Waals surface area (Å²) in [5.41, 5.74) is 1.26. The number of likely N-dealkylation sites (N-methyl/N-ethyl adjacent to an activating group) is 1. The number of rotatable bonds is 10. The Bertz CT molecular complexity index is 1530. The van der Waals surface area contributed by atoms with Gasteiger partial charge in [0.05, 0.1) is 16.6 Å². The Labute approximate surface area is 261 Å². The molecular weight excluding hydrogens is 579 g/mol. The molecule has 0 spiro atoms. The van der Waals surface area contributed by atoms with Crippen molar-refractivity contribution in [2.24, 2.45) is 5.92 Å². The molecule has 2 aliphatic rings. The van der Waals surface area contributed by atoms with Crippen molar-refractivity contribution in [1.82, 2.24) is 25.4 Å². The highest BCUT2D eigenvalue weighted by Crippen LogP contribution is 2.29. The minimum atomic E-state index is -0.881.